The Kier molecular flexibility index (Phi) is 5.41. The smallest absolute Gasteiger partial charge is 0.237 e. The first-order valence-electron chi connectivity index (χ1n) is 7.39. The zero-order valence-corrected chi connectivity index (χ0v) is 12.3. The van der Waals surface area contributed by atoms with Crippen LogP contribution in [0.2, 0.25) is 0 Å². The Morgan fingerprint density at radius 3 is 2.95 bits per heavy atom. The Morgan fingerprint density at radius 1 is 1.35 bits per heavy atom. The monoisotopic (exact) mass is 276 g/mol. The van der Waals surface area contributed by atoms with E-state index in [4.69, 9.17) is 4.74 Å². The molecule has 2 atom stereocenters. The number of carbonyl (C=O) groups excluding carboxylic acids is 1. The molecule has 0 aliphatic carbocycles. The van der Waals surface area contributed by atoms with Gasteiger partial charge in [-0.15, -0.1) is 0 Å². The number of hydrogen-bond donors (Lipinski definition) is 2. The number of methoxy groups -OCH3 is 1. The Morgan fingerprint density at radius 2 is 2.15 bits per heavy atom. The van der Waals surface area contributed by atoms with Crippen LogP contribution in [-0.4, -0.2) is 25.6 Å². The number of amides is 1. The van der Waals surface area contributed by atoms with Crippen LogP contribution < -0.4 is 15.4 Å². The lowest BCUT2D eigenvalue weighted by Crippen LogP contribution is -2.44. The third-order valence-corrected chi connectivity index (χ3v) is 3.84. The van der Waals surface area contributed by atoms with Gasteiger partial charge in [0.2, 0.25) is 5.91 Å². The van der Waals surface area contributed by atoms with Crippen LogP contribution in [0.15, 0.2) is 24.3 Å². The molecule has 1 amide bonds. The minimum Gasteiger partial charge on any atom is -0.496 e. The molecule has 1 aromatic rings. The standard InChI is InChI=1S/C16H24N2O2/c1-12(13-8-5-6-10-15(13)20-2)18-16(19)14-9-4-3-7-11-17-14/h5-6,8,10,12,14,17H,3-4,7,9,11H2,1-2H3,(H,18,19)/t12-,14?/m0/s1. The van der Waals surface area contributed by atoms with E-state index in [1.165, 1.54) is 6.42 Å². The van der Waals surface area contributed by atoms with Crippen molar-refractivity contribution >= 4 is 5.91 Å². The molecule has 0 spiro atoms. The molecular formula is C16H24N2O2. The summed E-state index contributed by atoms with van der Waals surface area (Å²) in [6.45, 7) is 2.92. The van der Waals surface area contributed by atoms with Crippen LogP contribution in [0.5, 0.6) is 5.75 Å². The van der Waals surface area contributed by atoms with Crippen molar-refractivity contribution in [1.82, 2.24) is 10.6 Å². The van der Waals surface area contributed by atoms with Crippen LogP contribution in [0.4, 0.5) is 0 Å². The highest BCUT2D eigenvalue weighted by atomic mass is 16.5. The Bertz CT molecular complexity index is 440. The number of rotatable bonds is 4. The van der Waals surface area contributed by atoms with Crippen LogP contribution in [0.25, 0.3) is 0 Å². The highest BCUT2D eigenvalue weighted by Gasteiger charge is 2.22. The van der Waals surface area contributed by atoms with E-state index in [0.29, 0.717) is 0 Å². The van der Waals surface area contributed by atoms with Crippen molar-refractivity contribution in [3.63, 3.8) is 0 Å². The predicted octanol–water partition coefficient (Wildman–Crippen LogP) is 2.40. The summed E-state index contributed by atoms with van der Waals surface area (Å²) in [5, 5.41) is 6.41. The first-order valence-corrected chi connectivity index (χ1v) is 7.39. The highest BCUT2D eigenvalue weighted by molar-refractivity contribution is 5.82. The van der Waals surface area contributed by atoms with Crippen molar-refractivity contribution in [3.8, 4) is 5.75 Å². The number of hydrogen-bond acceptors (Lipinski definition) is 3. The van der Waals surface area contributed by atoms with Crippen LogP contribution in [-0.2, 0) is 4.79 Å². The molecule has 20 heavy (non-hydrogen) atoms. The van der Waals surface area contributed by atoms with Crippen molar-refractivity contribution < 1.29 is 9.53 Å². The summed E-state index contributed by atoms with van der Waals surface area (Å²) >= 11 is 0. The molecule has 0 bridgehead atoms. The van der Waals surface area contributed by atoms with Crippen LogP contribution in [0, 0.1) is 0 Å². The molecule has 110 valence electrons. The van der Waals surface area contributed by atoms with Gasteiger partial charge in [0.15, 0.2) is 0 Å². The molecule has 1 aromatic carbocycles. The molecule has 1 saturated heterocycles. The zero-order valence-electron chi connectivity index (χ0n) is 12.3. The molecule has 1 heterocycles. The predicted molar refractivity (Wildman–Crippen MR) is 79.8 cm³/mol. The molecule has 0 saturated carbocycles. The van der Waals surface area contributed by atoms with E-state index in [1.807, 2.05) is 31.2 Å². The minimum atomic E-state index is -0.0605. The van der Waals surface area contributed by atoms with Crippen LogP contribution in [0.3, 0.4) is 0 Å². The molecule has 4 heteroatoms. The van der Waals surface area contributed by atoms with Crippen LogP contribution >= 0.6 is 0 Å². The van der Waals surface area contributed by atoms with E-state index < -0.39 is 0 Å². The molecule has 4 nitrogen and oxygen atoms in total. The summed E-state index contributed by atoms with van der Waals surface area (Å²) in [7, 11) is 1.65. The lowest BCUT2D eigenvalue weighted by molar-refractivity contribution is -0.123. The summed E-state index contributed by atoms with van der Waals surface area (Å²) in [5.74, 6) is 0.902. The van der Waals surface area contributed by atoms with Gasteiger partial charge in [0.1, 0.15) is 5.75 Å². The minimum absolute atomic E-state index is 0.0521. The Balaban J connectivity index is 1.99. The fraction of sp³-hybridized carbons (Fsp3) is 0.562. The van der Waals surface area contributed by atoms with E-state index in [9.17, 15) is 4.79 Å². The van der Waals surface area contributed by atoms with E-state index >= 15 is 0 Å². The molecule has 1 aliphatic heterocycles. The second-order valence-corrected chi connectivity index (χ2v) is 5.33. The molecular weight excluding hydrogens is 252 g/mol. The van der Waals surface area contributed by atoms with Gasteiger partial charge in [-0.3, -0.25) is 4.79 Å². The first-order chi connectivity index (χ1) is 9.72. The Hall–Kier alpha value is -1.55. The summed E-state index contributed by atoms with van der Waals surface area (Å²) < 4.78 is 5.35. The lowest BCUT2D eigenvalue weighted by atomic mass is 10.1. The summed E-state index contributed by atoms with van der Waals surface area (Å²) in [6, 6.07) is 7.69. The molecule has 2 N–H and O–H groups in total. The molecule has 0 radical (unpaired) electrons. The highest BCUT2D eigenvalue weighted by Crippen LogP contribution is 2.24. The van der Waals surface area contributed by atoms with Gasteiger partial charge >= 0.3 is 0 Å². The molecule has 2 rings (SSSR count). The maximum absolute atomic E-state index is 12.3. The SMILES string of the molecule is COc1ccccc1[C@H](C)NC(=O)C1CCCCCN1. The van der Waals surface area contributed by atoms with Gasteiger partial charge < -0.3 is 15.4 Å². The van der Waals surface area contributed by atoms with Gasteiger partial charge in [-0.1, -0.05) is 31.0 Å². The second-order valence-electron chi connectivity index (χ2n) is 5.33. The van der Waals surface area contributed by atoms with Crippen molar-refractivity contribution in [2.24, 2.45) is 0 Å². The van der Waals surface area contributed by atoms with Gasteiger partial charge in [-0.2, -0.15) is 0 Å². The zero-order chi connectivity index (χ0) is 14.4. The first kappa shape index (κ1) is 14.9. The van der Waals surface area contributed by atoms with E-state index in [0.717, 1.165) is 37.1 Å². The average molecular weight is 276 g/mol. The number of nitrogens with one attached hydrogen (secondary N) is 2. The maximum Gasteiger partial charge on any atom is 0.237 e. The van der Waals surface area contributed by atoms with Crippen molar-refractivity contribution in [2.75, 3.05) is 13.7 Å². The third-order valence-electron chi connectivity index (χ3n) is 3.84. The third kappa shape index (κ3) is 3.73. The van der Waals surface area contributed by atoms with Crippen molar-refractivity contribution in [1.29, 1.82) is 0 Å². The molecule has 1 unspecified atom stereocenters. The summed E-state index contributed by atoms with van der Waals surface area (Å²) in [5.41, 5.74) is 1.01. The average Bonchev–Trinajstić information content (AvgIpc) is 2.76. The normalized spacial score (nSPS) is 20.8. The van der Waals surface area contributed by atoms with Crippen molar-refractivity contribution in [3.05, 3.63) is 29.8 Å². The fourth-order valence-corrected chi connectivity index (χ4v) is 2.67. The van der Waals surface area contributed by atoms with E-state index in [-0.39, 0.29) is 18.0 Å². The molecule has 1 aliphatic rings. The Labute approximate surface area is 120 Å². The molecule has 0 aromatic heterocycles. The molecule has 1 fully saturated rings. The van der Waals surface area contributed by atoms with Gasteiger partial charge in [0, 0.05) is 5.56 Å². The van der Waals surface area contributed by atoms with Gasteiger partial charge in [-0.05, 0) is 32.4 Å². The number of para-hydroxylation sites is 1. The van der Waals surface area contributed by atoms with Gasteiger partial charge in [0.05, 0.1) is 19.2 Å². The quantitative estimate of drug-likeness (QED) is 0.888. The number of carbonyl (C=O) groups is 1. The van der Waals surface area contributed by atoms with Gasteiger partial charge in [0.25, 0.3) is 0 Å². The number of ether oxygens (including phenoxy) is 1. The van der Waals surface area contributed by atoms with E-state index in [1.54, 1.807) is 7.11 Å². The summed E-state index contributed by atoms with van der Waals surface area (Å²) in [6.07, 6.45) is 4.41. The second kappa shape index (κ2) is 7.29. The maximum atomic E-state index is 12.3. The van der Waals surface area contributed by atoms with Crippen molar-refractivity contribution in [2.45, 2.75) is 44.7 Å². The topological polar surface area (TPSA) is 50.4 Å². The number of benzene rings is 1. The lowest BCUT2D eigenvalue weighted by Gasteiger charge is -2.21. The van der Waals surface area contributed by atoms with Crippen LogP contribution in [0.1, 0.15) is 44.2 Å². The van der Waals surface area contributed by atoms with Gasteiger partial charge in [-0.25, -0.2) is 0 Å². The fourth-order valence-electron chi connectivity index (χ4n) is 2.67. The van der Waals surface area contributed by atoms with E-state index in [2.05, 4.69) is 10.6 Å². The largest absolute Gasteiger partial charge is 0.496 e. The summed E-state index contributed by atoms with van der Waals surface area (Å²) in [4.78, 5) is 12.3.